The molecule has 3 rings (SSSR count). The number of nitrogens with zero attached hydrogens (tertiary/aromatic N) is 2. The number of allylic oxidation sites excluding steroid dienone is 2. The maximum Gasteiger partial charge on any atom is 0.256 e. The van der Waals surface area contributed by atoms with Crippen molar-refractivity contribution in [3.8, 4) is 0 Å². The van der Waals surface area contributed by atoms with E-state index in [2.05, 4.69) is 23.4 Å². The molecule has 0 amide bonds. The molecule has 2 aromatic rings. The minimum Gasteiger partial charge on any atom is -0.206 e. The third-order valence-corrected chi connectivity index (χ3v) is 4.23. The van der Waals surface area contributed by atoms with Crippen molar-refractivity contribution in [1.29, 1.82) is 0 Å². The number of aromatic nitrogens is 2. The lowest BCUT2D eigenvalue weighted by Gasteiger charge is -2.10. The Morgan fingerprint density at radius 1 is 0.957 bits per heavy atom. The molecule has 0 spiro atoms. The smallest absolute Gasteiger partial charge is 0.206 e. The fraction of sp³-hybridized carbons (Fsp3) is 0.263. The highest BCUT2D eigenvalue weighted by molar-refractivity contribution is 5.69. The minimum absolute atomic E-state index is 0.152. The van der Waals surface area contributed by atoms with Crippen molar-refractivity contribution < 1.29 is 8.78 Å². The summed E-state index contributed by atoms with van der Waals surface area (Å²) in [6.45, 7) is 8.16. The molecule has 0 unspecified atom stereocenters. The molecule has 0 saturated heterocycles. The van der Waals surface area contributed by atoms with Crippen molar-refractivity contribution in [2.75, 3.05) is 0 Å². The van der Waals surface area contributed by atoms with Crippen molar-refractivity contribution in [3.05, 3.63) is 72.1 Å². The van der Waals surface area contributed by atoms with Crippen LogP contribution < -0.4 is 0 Å². The zero-order chi connectivity index (χ0) is 16.4. The Balaban J connectivity index is 1.65. The van der Waals surface area contributed by atoms with Crippen LogP contribution in [0.4, 0.5) is 8.78 Å². The molecule has 0 fully saturated rings. The quantitative estimate of drug-likeness (QED) is 0.798. The molecule has 4 heteroatoms. The molecule has 0 atom stereocenters. The number of alkyl halides is 2. The highest BCUT2D eigenvalue weighted by Gasteiger charge is 2.37. The molecule has 1 aromatic heterocycles. The van der Waals surface area contributed by atoms with Crippen LogP contribution in [-0.4, -0.2) is 16.1 Å². The second-order valence-corrected chi connectivity index (χ2v) is 6.03. The van der Waals surface area contributed by atoms with Gasteiger partial charge in [0.05, 0.1) is 12.4 Å². The van der Waals surface area contributed by atoms with Gasteiger partial charge in [0, 0.05) is 12.8 Å². The van der Waals surface area contributed by atoms with Gasteiger partial charge in [0.1, 0.15) is 0 Å². The highest BCUT2D eigenvalue weighted by Crippen LogP contribution is 2.36. The Morgan fingerprint density at radius 3 is 2.35 bits per heavy atom. The van der Waals surface area contributed by atoms with Crippen LogP contribution in [-0.2, 0) is 12.8 Å². The van der Waals surface area contributed by atoms with E-state index in [4.69, 9.17) is 0 Å². The summed E-state index contributed by atoms with van der Waals surface area (Å²) in [5.41, 5.74) is 5.29. The summed E-state index contributed by atoms with van der Waals surface area (Å²) in [5, 5.41) is 7.59. The van der Waals surface area contributed by atoms with Crippen LogP contribution in [0.5, 0.6) is 0 Å². The summed E-state index contributed by atoms with van der Waals surface area (Å²) in [6, 6.07) is 7.42. The van der Waals surface area contributed by atoms with E-state index in [0.717, 1.165) is 46.2 Å². The van der Waals surface area contributed by atoms with Crippen LogP contribution in [0.25, 0.3) is 11.1 Å². The van der Waals surface area contributed by atoms with Crippen molar-refractivity contribution in [2.45, 2.75) is 31.6 Å². The van der Waals surface area contributed by atoms with Crippen molar-refractivity contribution in [2.24, 2.45) is 0 Å². The highest BCUT2D eigenvalue weighted by atomic mass is 19.3. The summed E-state index contributed by atoms with van der Waals surface area (Å²) in [4.78, 5) is 0. The molecule has 1 aliphatic carbocycles. The lowest BCUT2D eigenvalue weighted by molar-refractivity contribution is 0.0130. The third-order valence-electron chi connectivity index (χ3n) is 4.23. The lowest BCUT2D eigenvalue weighted by atomic mass is 9.96. The van der Waals surface area contributed by atoms with Gasteiger partial charge >= 0.3 is 0 Å². The van der Waals surface area contributed by atoms with E-state index in [1.807, 2.05) is 18.2 Å². The van der Waals surface area contributed by atoms with Crippen molar-refractivity contribution in [3.63, 3.8) is 0 Å². The molecule has 0 bridgehead atoms. The third kappa shape index (κ3) is 3.52. The Morgan fingerprint density at radius 2 is 1.65 bits per heavy atom. The largest absolute Gasteiger partial charge is 0.256 e. The molecule has 1 aromatic carbocycles. The Hall–Kier alpha value is -2.36. The van der Waals surface area contributed by atoms with Crippen LogP contribution in [0, 0.1) is 0 Å². The van der Waals surface area contributed by atoms with Crippen LogP contribution >= 0.6 is 0 Å². The number of halogens is 2. The SMILES string of the molecule is C=C(CCC(=C)c1ccc2c(c1)CC(F)(F)C2)c1ccnnc1. The van der Waals surface area contributed by atoms with Gasteiger partial charge in [0.2, 0.25) is 0 Å². The summed E-state index contributed by atoms with van der Waals surface area (Å²) >= 11 is 0. The molecule has 0 radical (unpaired) electrons. The average Bonchev–Trinajstić information content (AvgIpc) is 2.85. The number of fused-ring (bicyclic) bond motifs is 1. The topological polar surface area (TPSA) is 25.8 Å². The van der Waals surface area contributed by atoms with E-state index < -0.39 is 5.92 Å². The predicted octanol–water partition coefficient (Wildman–Crippen LogP) is 4.72. The summed E-state index contributed by atoms with van der Waals surface area (Å²) in [7, 11) is 0. The summed E-state index contributed by atoms with van der Waals surface area (Å²) in [6.07, 6.45) is 4.48. The van der Waals surface area contributed by atoms with E-state index in [1.54, 1.807) is 18.5 Å². The van der Waals surface area contributed by atoms with Crippen LogP contribution in [0.3, 0.4) is 0 Å². The molecule has 23 heavy (non-hydrogen) atoms. The van der Waals surface area contributed by atoms with Gasteiger partial charge in [-0.25, -0.2) is 8.78 Å². The molecule has 0 aliphatic heterocycles. The van der Waals surface area contributed by atoms with Gasteiger partial charge in [-0.1, -0.05) is 31.4 Å². The molecule has 0 N–H and O–H groups in total. The van der Waals surface area contributed by atoms with Crippen molar-refractivity contribution in [1.82, 2.24) is 10.2 Å². The molecule has 118 valence electrons. The maximum atomic E-state index is 13.5. The molecular formula is C19H18F2N2. The maximum absolute atomic E-state index is 13.5. The van der Waals surface area contributed by atoms with E-state index in [9.17, 15) is 8.78 Å². The fourth-order valence-electron chi connectivity index (χ4n) is 2.89. The first kappa shape index (κ1) is 15.5. The van der Waals surface area contributed by atoms with E-state index in [-0.39, 0.29) is 12.8 Å². The van der Waals surface area contributed by atoms with Gasteiger partial charge in [-0.3, -0.25) is 0 Å². The van der Waals surface area contributed by atoms with Crippen LogP contribution in [0.1, 0.15) is 35.1 Å². The minimum atomic E-state index is -2.61. The molecule has 1 aliphatic rings. The molecule has 1 heterocycles. The monoisotopic (exact) mass is 312 g/mol. The van der Waals surface area contributed by atoms with Crippen LogP contribution in [0.2, 0.25) is 0 Å². The number of hydrogen-bond acceptors (Lipinski definition) is 2. The number of hydrogen-bond donors (Lipinski definition) is 0. The summed E-state index contributed by atoms with van der Waals surface area (Å²) < 4.78 is 26.9. The molecule has 0 saturated carbocycles. The standard InChI is InChI=1S/C19H18F2N2/c1-13(3-4-14(2)17-7-8-22-23-12-17)15-5-6-16-10-19(20,21)11-18(16)9-15/h5-9,12H,1-4,10-11H2. The lowest BCUT2D eigenvalue weighted by Crippen LogP contribution is -2.14. The first-order chi connectivity index (χ1) is 10.9. The van der Waals surface area contributed by atoms with Crippen molar-refractivity contribution >= 4 is 11.1 Å². The summed E-state index contributed by atoms with van der Waals surface area (Å²) in [5.74, 6) is -2.61. The number of rotatable bonds is 5. The second kappa shape index (κ2) is 6.03. The molecular weight excluding hydrogens is 294 g/mol. The van der Waals surface area contributed by atoms with Crippen LogP contribution in [0.15, 0.2) is 49.8 Å². The number of benzene rings is 1. The second-order valence-electron chi connectivity index (χ2n) is 6.03. The van der Waals surface area contributed by atoms with E-state index in [1.165, 1.54) is 0 Å². The average molecular weight is 312 g/mol. The van der Waals surface area contributed by atoms with Gasteiger partial charge in [-0.05, 0) is 52.3 Å². The van der Waals surface area contributed by atoms with E-state index in [0.29, 0.717) is 0 Å². The normalized spacial score (nSPS) is 15.2. The van der Waals surface area contributed by atoms with Gasteiger partial charge < -0.3 is 0 Å². The Labute approximate surface area is 134 Å². The molecule has 2 nitrogen and oxygen atoms in total. The Bertz CT molecular complexity index is 751. The first-order valence-electron chi connectivity index (χ1n) is 7.57. The fourth-order valence-corrected chi connectivity index (χ4v) is 2.89. The first-order valence-corrected chi connectivity index (χ1v) is 7.57. The zero-order valence-corrected chi connectivity index (χ0v) is 12.9. The predicted molar refractivity (Wildman–Crippen MR) is 88.1 cm³/mol. The van der Waals surface area contributed by atoms with E-state index >= 15 is 0 Å². The zero-order valence-electron chi connectivity index (χ0n) is 12.9. The van der Waals surface area contributed by atoms with Gasteiger partial charge in [0.25, 0.3) is 5.92 Å². The van der Waals surface area contributed by atoms with Gasteiger partial charge in [-0.15, -0.1) is 0 Å². The van der Waals surface area contributed by atoms with Gasteiger partial charge in [-0.2, -0.15) is 10.2 Å². The Kier molecular flexibility index (Phi) is 4.07. The van der Waals surface area contributed by atoms with Gasteiger partial charge in [0.15, 0.2) is 0 Å².